The quantitative estimate of drug-likeness (QED) is 0.163. The van der Waals surface area contributed by atoms with E-state index in [1.807, 2.05) is 6.92 Å². The summed E-state index contributed by atoms with van der Waals surface area (Å²) in [6.45, 7) is 8.43. The number of halogens is 1. The summed E-state index contributed by atoms with van der Waals surface area (Å²) >= 11 is 0. The summed E-state index contributed by atoms with van der Waals surface area (Å²) in [5, 5.41) is 17.2. The van der Waals surface area contributed by atoms with Crippen molar-refractivity contribution in [3.63, 3.8) is 0 Å². The van der Waals surface area contributed by atoms with Crippen LogP contribution in [-0.4, -0.2) is 36.7 Å². The molecule has 138 valence electrons. The van der Waals surface area contributed by atoms with Crippen LogP contribution in [0, 0.1) is 10.1 Å². The van der Waals surface area contributed by atoms with Crippen LogP contribution in [0.15, 0.2) is 41.4 Å². The number of nitro groups is 1. The third-order valence-electron chi connectivity index (χ3n) is 3.65. The fourth-order valence-electron chi connectivity index (χ4n) is 2.32. The van der Waals surface area contributed by atoms with Gasteiger partial charge in [0.2, 0.25) is 0 Å². The zero-order valence-electron chi connectivity index (χ0n) is 14.4. The van der Waals surface area contributed by atoms with Crippen LogP contribution in [0.4, 0.5) is 5.69 Å². The highest BCUT2D eigenvalue weighted by molar-refractivity contribution is 14.0. The van der Waals surface area contributed by atoms with Gasteiger partial charge in [-0.2, -0.15) is 0 Å². The Hall–Kier alpha value is -1.68. The molecular formula is C17H25IN4O3. The number of rotatable bonds is 7. The molecule has 0 aliphatic carbocycles. The average Bonchev–Trinajstić information content (AvgIpc) is 3.07. The monoisotopic (exact) mass is 460 g/mol. The van der Waals surface area contributed by atoms with E-state index < -0.39 is 4.92 Å². The number of hydrogen-bond donors (Lipinski definition) is 2. The van der Waals surface area contributed by atoms with Gasteiger partial charge in [-0.1, -0.05) is 24.3 Å². The van der Waals surface area contributed by atoms with Gasteiger partial charge in [0.1, 0.15) is 0 Å². The number of non-ortho nitro benzene ring substituents is 1. The van der Waals surface area contributed by atoms with Crippen LogP contribution in [0.25, 0.3) is 0 Å². The van der Waals surface area contributed by atoms with Gasteiger partial charge >= 0.3 is 0 Å². The zero-order chi connectivity index (χ0) is 17.4. The van der Waals surface area contributed by atoms with E-state index >= 15 is 0 Å². The van der Waals surface area contributed by atoms with Crippen molar-refractivity contribution in [1.82, 2.24) is 10.6 Å². The molecule has 0 bridgehead atoms. The first-order valence-electron chi connectivity index (χ1n) is 8.06. The second-order valence-corrected chi connectivity index (χ2v) is 5.91. The Labute approximate surface area is 165 Å². The zero-order valence-corrected chi connectivity index (χ0v) is 16.7. The van der Waals surface area contributed by atoms with Crippen LogP contribution in [-0.2, 0) is 11.3 Å². The van der Waals surface area contributed by atoms with Gasteiger partial charge in [0.15, 0.2) is 5.96 Å². The van der Waals surface area contributed by atoms with Crippen molar-refractivity contribution < 1.29 is 9.66 Å². The Morgan fingerprint density at radius 3 is 2.68 bits per heavy atom. The van der Waals surface area contributed by atoms with Gasteiger partial charge in [0, 0.05) is 31.8 Å². The molecule has 1 aliphatic heterocycles. The van der Waals surface area contributed by atoms with Crippen molar-refractivity contribution in [2.75, 3.05) is 19.7 Å². The highest BCUT2D eigenvalue weighted by atomic mass is 127. The van der Waals surface area contributed by atoms with Gasteiger partial charge in [-0.25, -0.2) is 4.99 Å². The standard InChI is InChI=1S/C17H24N4O3.HI/c1-13(2)10-18-17(20-12-16-4-3-9-24-16)19-11-14-5-7-15(8-6-14)21(22)23;/h5-8,16H,1,3-4,9-12H2,2H3,(H2,18,19,20);1H. The molecule has 1 atom stereocenters. The Morgan fingerprint density at radius 1 is 1.40 bits per heavy atom. The van der Waals surface area contributed by atoms with E-state index in [9.17, 15) is 10.1 Å². The van der Waals surface area contributed by atoms with Crippen LogP contribution in [0.1, 0.15) is 25.3 Å². The first-order chi connectivity index (χ1) is 11.5. The lowest BCUT2D eigenvalue weighted by Crippen LogP contribution is -2.41. The SMILES string of the molecule is C=C(C)CNC(=NCc1ccc([N+](=O)[O-])cc1)NCC1CCCO1.I. The van der Waals surface area contributed by atoms with E-state index in [0.29, 0.717) is 25.6 Å². The molecule has 0 aromatic heterocycles. The van der Waals surface area contributed by atoms with Crippen molar-refractivity contribution in [3.8, 4) is 0 Å². The van der Waals surface area contributed by atoms with Crippen LogP contribution in [0.5, 0.6) is 0 Å². The number of nitrogens with one attached hydrogen (secondary N) is 2. The summed E-state index contributed by atoms with van der Waals surface area (Å²) in [6.07, 6.45) is 2.38. The maximum absolute atomic E-state index is 10.7. The Kier molecular flexibility index (Phi) is 9.43. The first-order valence-corrected chi connectivity index (χ1v) is 8.06. The molecule has 25 heavy (non-hydrogen) atoms. The molecule has 0 saturated carbocycles. The molecule has 1 heterocycles. The molecule has 2 N–H and O–H groups in total. The van der Waals surface area contributed by atoms with E-state index in [1.165, 1.54) is 12.1 Å². The molecule has 1 fully saturated rings. The highest BCUT2D eigenvalue weighted by Crippen LogP contribution is 2.13. The fourth-order valence-corrected chi connectivity index (χ4v) is 2.32. The van der Waals surface area contributed by atoms with Gasteiger partial charge in [-0.15, -0.1) is 24.0 Å². The van der Waals surface area contributed by atoms with Gasteiger partial charge in [-0.3, -0.25) is 10.1 Å². The number of benzene rings is 1. The predicted molar refractivity (Wildman–Crippen MR) is 109 cm³/mol. The van der Waals surface area contributed by atoms with Crippen molar-refractivity contribution in [2.45, 2.75) is 32.4 Å². The number of guanidine groups is 1. The van der Waals surface area contributed by atoms with Gasteiger partial charge in [0.05, 0.1) is 17.6 Å². The summed E-state index contributed by atoms with van der Waals surface area (Å²) in [5.41, 5.74) is 2.01. The molecule has 0 spiro atoms. The summed E-state index contributed by atoms with van der Waals surface area (Å²) in [5.74, 6) is 0.687. The molecule has 1 saturated heterocycles. The summed E-state index contributed by atoms with van der Waals surface area (Å²) < 4.78 is 5.60. The van der Waals surface area contributed by atoms with E-state index in [-0.39, 0.29) is 35.8 Å². The molecular weight excluding hydrogens is 435 g/mol. The number of hydrogen-bond acceptors (Lipinski definition) is 4. The largest absolute Gasteiger partial charge is 0.376 e. The maximum Gasteiger partial charge on any atom is 0.269 e. The lowest BCUT2D eigenvalue weighted by atomic mass is 10.2. The number of nitrogens with zero attached hydrogens (tertiary/aromatic N) is 2. The molecule has 0 radical (unpaired) electrons. The number of ether oxygens (including phenoxy) is 1. The minimum absolute atomic E-state index is 0. The summed E-state index contributed by atoms with van der Waals surface area (Å²) in [4.78, 5) is 14.8. The Balaban J connectivity index is 0.00000312. The minimum atomic E-state index is -0.407. The smallest absolute Gasteiger partial charge is 0.269 e. The van der Waals surface area contributed by atoms with E-state index in [1.54, 1.807) is 12.1 Å². The summed E-state index contributed by atoms with van der Waals surface area (Å²) in [7, 11) is 0. The molecule has 1 aromatic rings. The topological polar surface area (TPSA) is 88.8 Å². The lowest BCUT2D eigenvalue weighted by Gasteiger charge is -2.15. The van der Waals surface area contributed by atoms with E-state index in [0.717, 1.165) is 30.6 Å². The van der Waals surface area contributed by atoms with Gasteiger partial charge in [0.25, 0.3) is 5.69 Å². The molecule has 8 heteroatoms. The summed E-state index contributed by atoms with van der Waals surface area (Å²) in [6, 6.07) is 6.42. The van der Waals surface area contributed by atoms with Crippen molar-refractivity contribution in [1.29, 1.82) is 0 Å². The van der Waals surface area contributed by atoms with E-state index in [2.05, 4.69) is 22.2 Å². The van der Waals surface area contributed by atoms with Crippen LogP contribution in [0.3, 0.4) is 0 Å². The normalized spacial score (nSPS) is 16.8. The number of aliphatic imine (C=N–C) groups is 1. The van der Waals surface area contributed by atoms with Crippen LogP contribution >= 0.6 is 24.0 Å². The maximum atomic E-state index is 10.7. The molecule has 7 nitrogen and oxygen atoms in total. The minimum Gasteiger partial charge on any atom is -0.376 e. The molecule has 1 aliphatic rings. The first kappa shape index (κ1) is 21.4. The molecule has 2 rings (SSSR count). The second-order valence-electron chi connectivity index (χ2n) is 5.91. The Bertz CT molecular complexity index is 598. The molecule has 1 unspecified atom stereocenters. The Morgan fingerprint density at radius 2 is 2.12 bits per heavy atom. The van der Waals surface area contributed by atoms with E-state index in [4.69, 9.17) is 4.74 Å². The second kappa shape index (κ2) is 11.0. The lowest BCUT2D eigenvalue weighted by molar-refractivity contribution is -0.384. The van der Waals surface area contributed by atoms with Crippen LogP contribution in [0.2, 0.25) is 0 Å². The van der Waals surface area contributed by atoms with Crippen molar-refractivity contribution >= 4 is 35.6 Å². The fraction of sp³-hybridized carbons (Fsp3) is 0.471. The van der Waals surface area contributed by atoms with Crippen molar-refractivity contribution in [2.24, 2.45) is 4.99 Å². The van der Waals surface area contributed by atoms with Gasteiger partial charge < -0.3 is 15.4 Å². The third kappa shape index (κ3) is 7.82. The predicted octanol–water partition coefficient (Wildman–Crippen LogP) is 3.00. The molecule has 1 aromatic carbocycles. The van der Waals surface area contributed by atoms with Crippen LogP contribution < -0.4 is 10.6 Å². The number of nitro benzene ring substituents is 1. The van der Waals surface area contributed by atoms with Gasteiger partial charge in [-0.05, 0) is 25.3 Å². The van der Waals surface area contributed by atoms with Crippen molar-refractivity contribution in [3.05, 3.63) is 52.1 Å². The third-order valence-corrected chi connectivity index (χ3v) is 3.65. The average molecular weight is 460 g/mol. The highest BCUT2D eigenvalue weighted by Gasteiger charge is 2.15. The molecule has 0 amide bonds.